The largest absolute Gasteiger partial charge is 0.254 e. The van der Waals surface area contributed by atoms with E-state index >= 15 is 0 Å². The molecule has 7 aromatic rings. The van der Waals surface area contributed by atoms with Crippen molar-refractivity contribution in [2.75, 3.05) is 0 Å². The molecule has 0 N–H and O–H groups in total. The van der Waals surface area contributed by atoms with Gasteiger partial charge in [-0.05, 0) is 48.5 Å². The minimum absolute atomic E-state index is 0.838. The minimum Gasteiger partial charge on any atom is -0.254 e. The summed E-state index contributed by atoms with van der Waals surface area (Å²) < 4.78 is 1.16. The van der Waals surface area contributed by atoms with E-state index in [1.165, 1.54) is 0 Å². The number of para-hydroxylation sites is 2. The van der Waals surface area contributed by atoms with Gasteiger partial charge in [-0.1, -0.05) is 18.2 Å². The summed E-state index contributed by atoms with van der Waals surface area (Å²) in [6.45, 7) is 0. The molecule has 144 valence electrons. The molecule has 0 fully saturated rings. The quantitative estimate of drug-likeness (QED) is 0.237. The van der Waals surface area contributed by atoms with Crippen LogP contribution in [0.15, 0.2) is 79.1 Å². The van der Waals surface area contributed by atoms with Crippen molar-refractivity contribution >= 4 is 65.4 Å². The number of rotatable bonds is 1. The van der Waals surface area contributed by atoms with Crippen molar-refractivity contribution in [3.8, 4) is 10.6 Å². The van der Waals surface area contributed by atoms with Crippen LogP contribution in [-0.4, -0.2) is 24.9 Å². The van der Waals surface area contributed by atoms with Gasteiger partial charge in [0.2, 0.25) is 0 Å². The van der Waals surface area contributed by atoms with Crippen LogP contribution in [0.25, 0.3) is 64.7 Å². The molecule has 31 heavy (non-hydrogen) atoms. The normalized spacial score (nSPS) is 11.9. The van der Waals surface area contributed by atoms with E-state index in [1.807, 2.05) is 54.6 Å². The minimum atomic E-state index is 0.838. The fourth-order valence-electron chi connectivity index (χ4n) is 4.18. The summed E-state index contributed by atoms with van der Waals surface area (Å²) in [7, 11) is 0. The molecule has 0 unspecified atom stereocenters. The molecule has 0 amide bonds. The predicted molar refractivity (Wildman–Crippen MR) is 126 cm³/mol. The number of thiazole rings is 1. The fraction of sp³-hybridized carbons (Fsp3) is 0. The number of pyridine rings is 2. The highest BCUT2D eigenvalue weighted by Gasteiger charge is 2.16. The molecule has 7 rings (SSSR count). The fourth-order valence-corrected chi connectivity index (χ4v) is 5.17. The number of hydrogen-bond acceptors (Lipinski definition) is 6. The van der Waals surface area contributed by atoms with E-state index in [1.54, 1.807) is 23.7 Å². The summed E-state index contributed by atoms with van der Waals surface area (Å²) in [5.74, 6) is 0. The van der Waals surface area contributed by atoms with E-state index in [4.69, 9.17) is 15.0 Å². The van der Waals surface area contributed by atoms with Crippen LogP contribution in [0.2, 0.25) is 0 Å². The van der Waals surface area contributed by atoms with Crippen LogP contribution in [0.5, 0.6) is 0 Å². The van der Waals surface area contributed by atoms with Gasteiger partial charge in [-0.15, -0.1) is 11.3 Å². The molecule has 5 nitrogen and oxygen atoms in total. The van der Waals surface area contributed by atoms with Gasteiger partial charge in [-0.25, -0.2) is 15.0 Å². The van der Waals surface area contributed by atoms with Crippen molar-refractivity contribution in [1.29, 1.82) is 0 Å². The van der Waals surface area contributed by atoms with E-state index in [-0.39, 0.29) is 0 Å². The molecule has 4 aromatic heterocycles. The number of benzene rings is 3. The first-order valence-corrected chi connectivity index (χ1v) is 10.8. The van der Waals surface area contributed by atoms with Crippen molar-refractivity contribution in [3.63, 3.8) is 0 Å². The monoisotopic (exact) mass is 415 g/mol. The predicted octanol–water partition coefficient (Wildman–Crippen LogP) is 6.16. The van der Waals surface area contributed by atoms with E-state index in [2.05, 4.69) is 22.1 Å². The summed E-state index contributed by atoms with van der Waals surface area (Å²) in [5.41, 5.74) is 7.07. The molecular weight excluding hydrogens is 402 g/mol. The molecule has 0 atom stereocenters. The molecule has 0 spiro atoms. The number of aromatic nitrogens is 5. The van der Waals surface area contributed by atoms with Gasteiger partial charge in [0.05, 0.1) is 43.3 Å². The molecule has 0 aliphatic rings. The molecule has 0 radical (unpaired) electrons. The number of hydrogen-bond donors (Lipinski definition) is 0. The van der Waals surface area contributed by atoms with Crippen molar-refractivity contribution in [1.82, 2.24) is 24.9 Å². The molecule has 4 heterocycles. The Balaban J connectivity index is 1.64. The lowest BCUT2D eigenvalue weighted by Crippen LogP contribution is -1.94. The number of fused-ring (bicyclic) bond motifs is 8. The second-order valence-corrected chi connectivity index (χ2v) is 8.41. The Kier molecular flexibility index (Phi) is 3.36. The van der Waals surface area contributed by atoms with Gasteiger partial charge >= 0.3 is 0 Å². The molecule has 6 heteroatoms. The Morgan fingerprint density at radius 1 is 0.516 bits per heavy atom. The highest BCUT2D eigenvalue weighted by atomic mass is 32.1. The van der Waals surface area contributed by atoms with E-state index in [0.29, 0.717) is 0 Å². The number of nitrogens with zero attached hydrogens (tertiary/aromatic N) is 5. The van der Waals surface area contributed by atoms with Crippen LogP contribution in [0.3, 0.4) is 0 Å². The van der Waals surface area contributed by atoms with Gasteiger partial charge in [0, 0.05) is 28.7 Å². The smallest absolute Gasteiger partial charge is 0.126 e. The zero-order valence-corrected chi connectivity index (χ0v) is 17.0. The zero-order valence-electron chi connectivity index (χ0n) is 16.1. The van der Waals surface area contributed by atoms with Gasteiger partial charge < -0.3 is 0 Å². The summed E-state index contributed by atoms with van der Waals surface area (Å²) in [5, 5.41) is 2.87. The second-order valence-electron chi connectivity index (χ2n) is 7.38. The van der Waals surface area contributed by atoms with Crippen LogP contribution >= 0.6 is 11.3 Å². The Morgan fingerprint density at radius 3 is 2.00 bits per heavy atom. The first kappa shape index (κ1) is 16.7. The lowest BCUT2D eigenvalue weighted by atomic mass is 10.1. The SMILES string of the molecule is c1ccc2sc(-c3cccc4nc5c6cccnc6c6ncccc6c5nc34)nc2c1. The molecule has 0 bridgehead atoms. The summed E-state index contributed by atoms with van der Waals surface area (Å²) >= 11 is 1.68. The maximum Gasteiger partial charge on any atom is 0.126 e. The zero-order chi connectivity index (χ0) is 20.4. The Labute approximate surface area is 180 Å². The van der Waals surface area contributed by atoms with Crippen molar-refractivity contribution in [2.45, 2.75) is 0 Å². The van der Waals surface area contributed by atoms with E-state index in [0.717, 1.165) is 64.7 Å². The average Bonchev–Trinajstić information content (AvgIpc) is 3.27. The van der Waals surface area contributed by atoms with Crippen LogP contribution in [0, 0.1) is 0 Å². The third-order valence-corrected chi connectivity index (χ3v) is 6.64. The van der Waals surface area contributed by atoms with Crippen molar-refractivity contribution in [3.05, 3.63) is 79.1 Å². The standard InChI is InChI=1S/C25H13N5S/c1-2-11-19-17(9-1)29-25(31-19)16-6-3-10-18-20(16)30-24-15-8-5-13-27-22(15)21-14(23(24)28-18)7-4-12-26-21/h1-13H. The lowest BCUT2D eigenvalue weighted by molar-refractivity contribution is 1.36. The van der Waals surface area contributed by atoms with Gasteiger partial charge in [0.15, 0.2) is 0 Å². The molecule has 0 aliphatic carbocycles. The lowest BCUT2D eigenvalue weighted by Gasteiger charge is -2.10. The van der Waals surface area contributed by atoms with Crippen molar-refractivity contribution < 1.29 is 0 Å². The van der Waals surface area contributed by atoms with E-state index < -0.39 is 0 Å². The maximum absolute atomic E-state index is 5.14. The molecular formula is C25H13N5S. The highest BCUT2D eigenvalue weighted by molar-refractivity contribution is 7.21. The maximum atomic E-state index is 5.14. The summed E-state index contributed by atoms with van der Waals surface area (Å²) in [6.07, 6.45) is 3.59. The van der Waals surface area contributed by atoms with Crippen LogP contribution < -0.4 is 0 Å². The van der Waals surface area contributed by atoms with Gasteiger partial charge in [0.25, 0.3) is 0 Å². The topological polar surface area (TPSA) is 64.5 Å². The van der Waals surface area contributed by atoms with Gasteiger partial charge in [-0.2, -0.15) is 0 Å². The molecule has 0 saturated carbocycles. The summed E-state index contributed by atoms with van der Waals surface area (Å²) in [6, 6.07) is 22.2. The van der Waals surface area contributed by atoms with Crippen LogP contribution in [0.4, 0.5) is 0 Å². The molecule has 0 saturated heterocycles. The van der Waals surface area contributed by atoms with Gasteiger partial charge in [0.1, 0.15) is 5.01 Å². The van der Waals surface area contributed by atoms with Crippen LogP contribution in [0.1, 0.15) is 0 Å². The van der Waals surface area contributed by atoms with E-state index in [9.17, 15) is 0 Å². The summed E-state index contributed by atoms with van der Waals surface area (Å²) in [4.78, 5) is 24.2. The molecule has 3 aromatic carbocycles. The second kappa shape index (κ2) is 6.23. The van der Waals surface area contributed by atoms with Gasteiger partial charge in [-0.3, -0.25) is 9.97 Å². The Bertz CT molecular complexity index is 1770. The van der Waals surface area contributed by atoms with Crippen molar-refractivity contribution in [2.24, 2.45) is 0 Å². The Morgan fingerprint density at radius 2 is 1.23 bits per heavy atom. The third kappa shape index (κ3) is 2.39. The molecule has 0 aliphatic heterocycles. The van der Waals surface area contributed by atoms with Crippen LogP contribution in [-0.2, 0) is 0 Å². The average molecular weight is 415 g/mol. The first-order chi connectivity index (χ1) is 15.4. The highest BCUT2D eigenvalue weighted by Crippen LogP contribution is 2.36. The first-order valence-electron chi connectivity index (χ1n) is 9.95. The third-order valence-electron chi connectivity index (χ3n) is 5.57. The Hall–Kier alpha value is -4.03.